The molecular formula is C54H32N6. The summed E-state index contributed by atoms with van der Waals surface area (Å²) in [5.41, 5.74) is 13.6. The van der Waals surface area contributed by atoms with Crippen LogP contribution >= 0.6 is 0 Å². The van der Waals surface area contributed by atoms with E-state index in [1.165, 1.54) is 21.8 Å². The lowest BCUT2D eigenvalue weighted by molar-refractivity contribution is 1.17. The number of benzene rings is 8. The van der Waals surface area contributed by atoms with Crippen molar-refractivity contribution in [2.75, 3.05) is 0 Å². The molecule has 0 radical (unpaired) electrons. The van der Waals surface area contributed by atoms with Gasteiger partial charge in [-0.1, -0.05) is 103 Å². The van der Waals surface area contributed by atoms with E-state index in [9.17, 15) is 10.5 Å². The van der Waals surface area contributed by atoms with Gasteiger partial charge in [0, 0.05) is 49.6 Å². The zero-order valence-electron chi connectivity index (χ0n) is 32.2. The van der Waals surface area contributed by atoms with Gasteiger partial charge in [0.05, 0.1) is 44.6 Å². The Labute approximate surface area is 345 Å². The van der Waals surface area contributed by atoms with Gasteiger partial charge in [-0.25, -0.2) is 9.97 Å². The minimum absolute atomic E-state index is 0.309. The summed E-state index contributed by atoms with van der Waals surface area (Å²) in [6.07, 6.45) is 0. The minimum Gasteiger partial charge on any atom is -0.309 e. The Morgan fingerprint density at radius 1 is 0.333 bits per heavy atom. The van der Waals surface area contributed by atoms with Crippen molar-refractivity contribution in [3.63, 3.8) is 0 Å². The van der Waals surface area contributed by atoms with Crippen LogP contribution in [0.2, 0.25) is 0 Å². The second-order valence-corrected chi connectivity index (χ2v) is 14.9. The largest absolute Gasteiger partial charge is 0.309 e. The summed E-state index contributed by atoms with van der Waals surface area (Å²) >= 11 is 0. The fraction of sp³-hybridized carbons (Fsp3) is 0. The lowest BCUT2D eigenvalue weighted by Gasteiger charge is -2.11. The van der Waals surface area contributed by atoms with Crippen LogP contribution in [0.1, 0.15) is 11.1 Å². The topological polar surface area (TPSA) is 83.2 Å². The average molecular weight is 765 g/mol. The van der Waals surface area contributed by atoms with Gasteiger partial charge in [0.2, 0.25) is 0 Å². The number of para-hydroxylation sites is 3. The van der Waals surface area contributed by atoms with Crippen LogP contribution in [0.3, 0.4) is 0 Å². The van der Waals surface area contributed by atoms with Crippen molar-refractivity contribution < 1.29 is 0 Å². The zero-order chi connectivity index (χ0) is 40.2. The highest BCUT2D eigenvalue weighted by Crippen LogP contribution is 2.40. The quantitative estimate of drug-likeness (QED) is 0.169. The molecule has 0 aliphatic carbocycles. The lowest BCUT2D eigenvalue weighted by Crippen LogP contribution is -1.97. The van der Waals surface area contributed by atoms with E-state index in [0.29, 0.717) is 22.6 Å². The number of aromatic nitrogens is 4. The highest BCUT2D eigenvalue weighted by atomic mass is 15.0. The molecule has 0 spiro atoms. The first kappa shape index (κ1) is 34.7. The Morgan fingerprint density at radius 3 is 1.37 bits per heavy atom. The fourth-order valence-electron chi connectivity index (χ4n) is 8.58. The number of fused-ring (bicyclic) bond motifs is 6. The standard InChI is InChI=1S/C54H32N6/c55-33-40-21-20-38(28-41(40)34-56)49-32-48(35-12-4-1-5-13-35)57-54(58-49)39-24-27-53-47(31-39)46-30-37(23-26-52(46)60(53)43-16-8-3-9-17-43)36-22-25-51-45(29-36)44-18-10-11-19-50(44)59(51)42-14-6-2-7-15-42/h1-32H. The van der Waals surface area contributed by atoms with Crippen molar-refractivity contribution >= 4 is 43.6 Å². The summed E-state index contributed by atoms with van der Waals surface area (Å²) in [5, 5.41) is 24.1. The molecule has 8 aromatic carbocycles. The highest BCUT2D eigenvalue weighted by molar-refractivity contribution is 6.13. The predicted octanol–water partition coefficient (Wildman–Crippen LogP) is 13.1. The maximum absolute atomic E-state index is 9.85. The van der Waals surface area contributed by atoms with E-state index in [0.717, 1.165) is 66.7 Å². The summed E-state index contributed by atoms with van der Waals surface area (Å²) in [6, 6.07) is 71.2. The second-order valence-electron chi connectivity index (χ2n) is 14.9. The minimum atomic E-state index is 0.309. The van der Waals surface area contributed by atoms with Gasteiger partial charge in [-0.3, -0.25) is 0 Å². The van der Waals surface area contributed by atoms with Crippen molar-refractivity contribution in [3.8, 4) is 68.5 Å². The predicted molar refractivity (Wildman–Crippen MR) is 242 cm³/mol. The molecule has 0 saturated carbocycles. The number of nitrogens with zero attached hydrogens (tertiary/aromatic N) is 6. The summed E-state index contributed by atoms with van der Waals surface area (Å²) in [5.74, 6) is 0.563. The van der Waals surface area contributed by atoms with Gasteiger partial charge in [-0.2, -0.15) is 10.5 Å². The van der Waals surface area contributed by atoms with E-state index >= 15 is 0 Å². The molecule has 60 heavy (non-hydrogen) atoms. The lowest BCUT2D eigenvalue weighted by atomic mass is 10.00. The Balaban J connectivity index is 1.11. The molecule has 0 aliphatic rings. The molecule has 3 heterocycles. The monoisotopic (exact) mass is 764 g/mol. The normalized spacial score (nSPS) is 11.3. The Kier molecular flexibility index (Phi) is 8.15. The molecule has 11 aromatic rings. The summed E-state index contributed by atoms with van der Waals surface area (Å²) in [7, 11) is 0. The molecule has 278 valence electrons. The van der Waals surface area contributed by atoms with Gasteiger partial charge >= 0.3 is 0 Å². The van der Waals surface area contributed by atoms with Crippen LogP contribution in [0.25, 0.3) is 100 Å². The molecule has 0 atom stereocenters. The Morgan fingerprint density at radius 2 is 0.783 bits per heavy atom. The number of hydrogen-bond acceptors (Lipinski definition) is 4. The number of nitriles is 2. The van der Waals surface area contributed by atoms with Crippen molar-refractivity contribution in [3.05, 3.63) is 205 Å². The molecule has 3 aromatic heterocycles. The average Bonchev–Trinajstić information content (AvgIpc) is 3.83. The second kappa shape index (κ2) is 14.1. The first-order valence-electron chi connectivity index (χ1n) is 19.8. The van der Waals surface area contributed by atoms with Crippen LogP contribution in [0, 0.1) is 22.7 Å². The molecule has 0 unspecified atom stereocenters. The van der Waals surface area contributed by atoms with Crippen LogP contribution in [-0.4, -0.2) is 19.1 Å². The molecule has 6 heteroatoms. The number of hydrogen-bond donors (Lipinski definition) is 0. The molecule has 0 fully saturated rings. The third-order valence-electron chi connectivity index (χ3n) is 11.4. The van der Waals surface area contributed by atoms with Gasteiger partial charge in [0.25, 0.3) is 0 Å². The molecular weight excluding hydrogens is 733 g/mol. The molecule has 0 saturated heterocycles. The third-order valence-corrected chi connectivity index (χ3v) is 11.4. The van der Waals surface area contributed by atoms with E-state index in [4.69, 9.17) is 9.97 Å². The van der Waals surface area contributed by atoms with Gasteiger partial charge in [0.1, 0.15) is 12.1 Å². The van der Waals surface area contributed by atoms with Crippen LogP contribution in [0.15, 0.2) is 194 Å². The molecule has 11 rings (SSSR count). The van der Waals surface area contributed by atoms with E-state index in [-0.39, 0.29) is 0 Å². The maximum atomic E-state index is 9.85. The van der Waals surface area contributed by atoms with Crippen molar-refractivity contribution in [1.29, 1.82) is 10.5 Å². The van der Waals surface area contributed by atoms with Crippen molar-refractivity contribution in [2.45, 2.75) is 0 Å². The molecule has 0 N–H and O–H groups in total. The van der Waals surface area contributed by atoms with Crippen LogP contribution in [0.5, 0.6) is 0 Å². The highest BCUT2D eigenvalue weighted by Gasteiger charge is 2.19. The van der Waals surface area contributed by atoms with E-state index in [2.05, 4.69) is 155 Å². The van der Waals surface area contributed by atoms with E-state index in [1.54, 1.807) is 12.1 Å². The smallest absolute Gasteiger partial charge is 0.160 e. The van der Waals surface area contributed by atoms with Crippen molar-refractivity contribution in [2.24, 2.45) is 0 Å². The van der Waals surface area contributed by atoms with Crippen molar-refractivity contribution in [1.82, 2.24) is 19.1 Å². The van der Waals surface area contributed by atoms with E-state index < -0.39 is 0 Å². The summed E-state index contributed by atoms with van der Waals surface area (Å²) in [4.78, 5) is 10.2. The molecule has 0 aliphatic heterocycles. The summed E-state index contributed by atoms with van der Waals surface area (Å²) < 4.78 is 4.67. The Hall–Kier alpha value is -8.58. The van der Waals surface area contributed by atoms with Gasteiger partial charge < -0.3 is 9.13 Å². The maximum Gasteiger partial charge on any atom is 0.160 e. The van der Waals surface area contributed by atoms with Crippen LogP contribution in [-0.2, 0) is 0 Å². The Bertz CT molecular complexity index is 3550. The van der Waals surface area contributed by atoms with Gasteiger partial charge in [-0.05, 0) is 102 Å². The van der Waals surface area contributed by atoms with Crippen LogP contribution in [0.4, 0.5) is 0 Å². The SMILES string of the molecule is N#Cc1ccc(-c2cc(-c3ccccc3)nc(-c3ccc4c(c3)c3cc(-c5ccc6c(c5)c5ccccc5n6-c5ccccc5)ccc3n4-c3ccccc3)n2)cc1C#N. The van der Waals surface area contributed by atoms with Crippen LogP contribution < -0.4 is 0 Å². The number of rotatable bonds is 6. The van der Waals surface area contributed by atoms with E-state index in [1.807, 2.05) is 48.5 Å². The van der Waals surface area contributed by atoms with Gasteiger partial charge in [-0.15, -0.1) is 0 Å². The fourth-order valence-corrected chi connectivity index (χ4v) is 8.58. The molecule has 0 bridgehead atoms. The first-order chi connectivity index (χ1) is 29.6. The molecule has 6 nitrogen and oxygen atoms in total. The zero-order valence-corrected chi connectivity index (χ0v) is 32.2. The first-order valence-corrected chi connectivity index (χ1v) is 19.8. The third kappa shape index (κ3) is 5.71. The van der Waals surface area contributed by atoms with Gasteiger partial charge in [0.15, 0.2) is 5.82 Å². The molecule has 0 amide bonds. The summed E-state index contributed by atoms with van der Waals surface area (Å²) in [6.45, 7) is 0.